The number of hydrogen-bond donors (Lipinski definition) is 1. The Morgan fingerprint density at radius 1 is 1.10 bits per heavy atom. The first-order valence-electron chi connectivity index (χ1n) is 10.2. The van der Waals surface area contributed by atoms with Gasteiger partial charge in [-0.25, -0.2) is 0 Å². The summed E-state index contributed by atoms with van der Waals surface area (Å²) in [6.07, 6.45) is 5.28. The smallest absolute Gasteiger partial charge is 0.256 e. The molecule has 2 aromatic carbocycles. The molecule has 1 N–H and O–H groups in total. The van der Waals surface area contributed by atoms with E-state index in [1.807, 2.05) is 48.2 Å². The largest absolute Gasteiger partial charge is 0.335 e. The summed E-state index contributed by atoms with van der Waals surface area (Å²) in [4.78, 5) is 32.3. The van der Waals surface area contributed by atoms with Gasteiger partial charge in [0, 0.05) is 41.0 Å². The standard InChI is InChI=1S/C24H23N3O2/c1-15-10-11-16(24(29)27-14-17-5-2-9-22(17)27)13-21(15)26-23(28)19-6-3-8-20-18(19)7-4-12-25-20/h3-4,6-8,10-13,17,22H,2,5,9,14H2,1H3,(H,26,28)/t17-,22-/m0/s1. The Kier molecular flexibility index (Phi) is 4.31. The number of likely N-dealkylation sites (tertiary alicyclic amines) is 1. The van der Waals surface area contributed by atoms with Gasteiger partial charge in [0.05, 0.1) is 5.52 Å². The molecular formula is C24H23N3O2. The normalized spacial score (nSPS) is 20.2. The number of aryl methyl sites for hydroxylation is 1. The van der Waals surface area contributed by atoms with Crippen LogP contribution in [0.25, 0.3) is 10.9 Å². The molecule has 1 aliphatic heterocycles. The minimum Gasteiger partial charge on any atom is -0.335 e. The van der Waals surface area contributed by atoms with E-state index in [9.17, 15) is 9.59 Å². The van der Waals surface area contributed by atoms with E-state index in [4.69, 9.17) is 0 Å². The first-order valence-corrected chi connectivity index (χ1v) is 10.2. The van der Waals surface area contributed by atoms with E-state index >= 15 is 0 Å². The Hall–Kier alpha value is -3.21. The van der Waals surface area contributed by atoms with Crippen LogP contribution in [0.5, 0.6) is 0 Å². The van der Waals surface area contributed by atoms with Gasteiger partial charge < -0.3 is 10.2 Å². The van der Waals surface area contributed by atoms with Crippen LogP contribution in [-0.4, -0.2) is 34.3 Å². The van der Waals surface area contributed by atoms with Crippen LogP contribution < -0.4 is 5.32 Å². The number of nitrogens with zero attached hydrogens (tertiary/aromatic N) is 2. The van der Waals surface area contributed by atoms with E-state index in [0.29, 0.717) is 28.8 Å². The second-order valence-electron chi connectivity index (χ2n) is 8.08. The summed E-state index contributed by atoms with van der Waals surface area (Å²) >= 11 is 0. The molecule has 1 saturated heterocycles. The van der Waals surface area contributed by atoms with Crippen LogP contribution in [0.1, 0.15) is 45.5 Å². The second kappa shape index (κ2) is 6.99. The molecule has 1 aliphatic carbocycles. The van der Waals surface area contributed by atoms with Crippen molar-refractivity contribution in [3.8, 4) is 0 Å². The van der Waals surface area contributed by atoms with Crippen LogP contribution >= 0.6 is 0 Å². The van der Waals surface area contributed by atoms with Gasteiger partial charge in [-0.15, -0.1) is 0 Å². The molecule has 3 aromatic rings. The Labute approximate surface area is 169 Å². The predicted octanol–water partition coefficient (Wildman–Crippen LogP) is 4.42. The monoisotopic (exact) mass is 385 g/mol. The third-order valence-corrected chi connectivity index (χ3v) is 6.33. The lowest BCUT2D eigenvalue weighted by Crippen LogP contribution is -2.55. The molecule has 0 unspecified atom stereocenters. The number of fused-ring (bicyclic) bond motifs is 2. The highest BCUT2D eigenvalue weighted by Gasteiger charge is 2.44. The van der Waals surface area contributed by atoms with E-state index in [2.05, 4.69) is 10.3 Å². The zero-order valence-electron chi connectivity index (χ0n) is 16.4. The Morgan fingerprint density at radius 3 is 2.86 bits per heavy atom. The van der Waals surface area contributed by atoms with Crippen LogP contribution in [0.3, 0.4) is 0 Å². The number of anilines is 1. The number of hydrogen-bond acceptors (Lipinski definition) is 3. The number of pyridine rings is 1. The number of carbonyl (C=O) groups excluding carboxylic acids is 2. The van der Waals surface area contributed by atoms with E-state index in [0.717, 1.165) is 29.4 Å². The van der Waals surface area contributed by atoms with Crippen molar-refractivity contribution in [2.45, 2.75) is 32.2 Å². The van der Waals surface area contributed by atoms with Gasteiger partial charge in [0.1, 0.15) is 0 Å². The molecule has 1 saturated carbocycles. The zero-order chi connectivity index (χ0) is 20.0. The lowest BCUT2D eigenvalue weighted by Gasteiger charge is -2.44. The van der Waals surface area contributed by atoms with E-state index in [1.54, 1.807) is 18.3 Å². The van der Waals surface area contributed by atoms with Gasteiger partial charge in [-0.2, -0.15) is 0 Å². The molecule has 2 atom stereocenters. The van der Waals surface area contributed by atoms with Crippen molar-refractivity contribution in [2.24, 2.45) is 5.92 Å². The minimum absolute atomic E-state index is 0.0676. The van der Waals surface area contributed by atoms with E-state index in [-0.39, 0.29) is 11.8 Å². The van der Waals surface area contributed by atoms with Crippen molar-refractivity contribution >= 4 is 28.4 Å². The fourth-order valence-electron chi connectivity index (χ4n) is 4.67. The number of nitrogens with one attached hydrogen (secondary N) is 1. The van der Waals surface area contributed by atoms with E-state index in [1.165, 1.54) is 12.8 Å². The van der Waals surface area contributed by atoms with Crippen LogP contribution in [0, 0.1) is 12.8 Å². The molecule has 29 heavy (non-hydrogen) atoms. The molecule has 2 amide bonds. The number of benzene rings is 2. The molecular weight excluding hydrogens is 362 g/mol. The van der Waals surface area contributed by atoms with Gasteiger partial charge in [0.2, 0.25) is 0 Å². The molecule has 5 rings (SSSR count). The van der Waals surface area contributed by atoms with E-state index < -0.39 is 0 Å². The number of carbonyl (C=O) groups is 2. The molecule has 146 valence electrons. The van der Waals surface area contributed by atoms with Crippen molar-refractivity contribution in [3.05, 3.63) is 71.4 Å². The summed E-state index contributed by atoms with van der Waals surface area (Å²) < 4.78 is 0. The maximum atomic E-state index is 13.0. The van der Waals surface area contributed by atoms with Crippen LogP contribution in [-0.2, 0) is 0 Å². The van der Waals surface area contributed by atoms with Gasteiger partial charge in [-0.05, 0) is 61.6 Å². The third kappa shape index (κ3) is 3.07. The van der Waals surface area contributed by atoms with Crippen LogP contribution in [0.15, 0.2) is 54.7 Å². The number of amides is 2. The molecule has 0 spiro atoms. The van der Waals surface area contributed by atoms with Crippen molar-refractivity contribution in [1.29, 1.82) is 0 Å². The third-order valence-electron chi connectivity index (χ3n) is 6.33. The van der Waals surface area contributed by atoms with Crippen molar-refractivity contribution in [2.75, 3.05) is 11.9 Å². The molecule has 5 nitrogen and oxygen atoms in total. The lowest BCUT2D eigenvalue weighted by molar-refractivity contribution is 0.0269. The minimum atomic E-state index is -0.198. The summed E-state index contributed by atoms with van der Waals surface area (Å²) in [6, 6.07) is 15.2. The molecule has 1 aromatic heterocycles. The summed E-state index contributed by atoms with van der Waals surface area (Å²) in [7, 11) is 0. The maximum Gasteiger partial charge on any atom is 0.256 e. The summed E-state index contributed by atoms with van der Waals surface area (Å²) in [5.41, 5.74) is 3.59. The number of rotatable bonds is 3. The summed E-state index contributed by atoms with van der Waals surface area (Å²) in [5, 5.41) is 3.81. The van der Waals surface area contributed by atoms with Crippen LogP contribution in [0.4, 0.5) is 5.69 Å². The quantitative estimate of drug-likeness (QED) is 0.726. The van der Waals surface area contributed by atoms with Crippen molar-refractivity contribution < 1.29 is 9.59 Å². The first-order chi connectivity index (χ1) is 14.1. The Morgan fingerprint density at radius 2 is 2.00 bits per heavy atom. The first kappa shape index (κ1) is 17.9. The lowest BCUT2D eigenvalue weighted by atomic mass is 9.91. The fraction of sp³-hybridized carbons (Fsp3) is 0.292. The molecule has 2 heterocycles. The highest BCUT2D eigenvalue weighted by molar-refractivity contribution is 6.13. The molecule has 0 radical (unpaired) electrons. The molecule has 2 aliphatic rings. The highest BCUT2D eigenvalue weighted by atomic mass is 16.2. The SMILES string of the molecule is Cc1ccc(C(=O)N2C[C@@H]3CCC[C@@H]32)cc1NC(=O)c1cccc2ncccc12. The predicted molar refractivity (Wildman–Crippen MR) is 113 cm³/mol. The average molecular weight is 385 g/mol. The van der Waals surface area contributed by atoms with Crippen molar-refractivity contribution in [1.82, 2.24) is 9.88 Å². The Bertz CT molecular complexity index is 1120. The fourth-order valence-corrected chi connectivity index (χ4v) is 4.67. The molecule has 5 heteroatoms. The van der Waals surface area contributed by atoms with Crippen molar-refractivity contribution in [3.63, 3.8) is 0 Å². The average Bonchev–Trinajstić information content (AvgIpc) is 3.09. The Balaban J connectivity index is 1.40. The maximum absolute atomic E-state index is 13.0. The van der Waals surface area contributed by atoms with Gasteiger partial charge in [0.25, 0.3) is 11.8 Å². The summed E-state index contributed by atoms with van der Waals surface area (Å²) in [6.45, 7) is 2.80. The molecule has 2 fully saturated rings. The highest BCUT2D eigenvalue weighted by Crippen LogP contribution is 2.39. The topological polar surface area (TPSA) is 62.3 Å². The van der Waals surface area contributed by atoms with Gasteiger partial charge >= 0.3 is 0 Å². The van der Waals surface area contributed by atoms with Gasteiger partial charge in [-0.3, -0.25) is 14.6 Å². The summed E-state index contributed by atoms with van der Waals surface area (Å²) in [5.74, 6) is 0.553. The van der Waals surface area contributed by atoms with Gasteiger partial charge in [-0.1, -0.05) is 24.6 Å². The van der Waals surface area contributed by atoms with Crippen LogP contribution in [0.2, 0.25) is 0 Å². The second-order valence-corrected chi connectivity index (χ2v) is 8.08. The molecule has 0 bridgehead atoms. The zero-order valence-corrected chi connectivity index (χ0v) is 16.4. The number of aromatic nitrogens is 1. The van der Waals surface area contributed by atoms with Gasteiger partial charge in [0.15, 0.2) is 0 Å².